The smallest absolute Gasteiger partial charge is 0.407 e. The number of fused-ring (bicyclic) bond motifs is 1. The highest BCUT2D eigenvalue weighted by molar-refractivity contribution is 6.28. The van der Waals surface area contributed by atoms with Crippen LogP contribution in [0.5, 0.6) is 0 Å². The summed E-state index contributed by atoms with van der Waals surface area (Å²) in [4.78, 5) is 72.1. The molecule has 0 spiro atoms. The predicted molar refractivity (Wildman–Crippen MR) is 203 cm³/mol. The van der Waals surface area contributed by atoms with E-state index in [9.17, 15) is 19.2 Å². The van der Waals surface area contributed by atoms with Gasteiger partial charge < -0.3 is 55.0 Å². The van der Waals surface area contributed by atoms with Crippen LogP contribution in [-0.2, 0) is 18.9 Å². The van der Waals surface area contributed by atoms with Gasteiger partial charge in [-0.3, -0.25) is 0 Å². The molecule has 2 saturated heterocycles. The highest BCUT2D eigenvalue weighted by Crippen LogP contribution is 2.30. The Morgan fingerprint density at radius 2 is 0.907 bits per heavy atom. The van der Waals surface area contributed by atoms with Crippen molar-refractivity contribution in [3.05, 3.63) is 5.28 Å². The van der Waals surface area contributed by atoms with Crippen molar-refractivity contribution in [1.29, 1.82) is 0 Å². The highest BCUT2D eigenvalue weighted by atomic mass is 35.5. The number of anilines is 2. The third kappa shape index (κ3) is 13.4. The van der Waals surface area contributed by atoms with Gasteiger partial charge in [0.05, 0.1) is 24.2 Å². The number of halogens is 1. The molecule has 0 bridgehead atoms. The van der Waals surface area contributed by atoms with Crippen LogP contribution in [-0.4, -0.2) is 117 Å². The maximum Gasteiger partial charge on any atom is 0.407 e. The molecule has 54 heavy (non-hydrogen) atoms. The van der Waals surface area contributed by atoms with Gasteiger partial charge in [0.25, 0.3) is 0 Å². The second-order valence-electron chi connectivity index (χ2n) is 17.7. The zero-order chi connectivity index (χ0) is 40.4. The molecule has 19 heteroatoms. The van der Waals surface area contributed by atoms with Crippen LogP contribution >= 0.6 is 11.6 Å². The van der Waals surface area contributed by atoms with Crippen LogP contribution in [0.1, 0.15) is 95.9 Å². The highest BCUT2D eigenvalue weighted by Gasteiger charge is 2.36. The van der Waals surface area contributed by atoms with E-state index in [-0.39, 0.29) is 24.0 Å². The Hall–Kier alpha value is -4.48. The van der Waals surface area contributed by atoms with Crippen molar-refractivity contribution >= 4 is 58.9 Å². The minimum Gasteiger partial charge on any atom is -0.444 e. The van der Waals surface area contributed by atoms with Crippen molar-refractivity contribution in [2.75, 3.05) is 36.0 Å². The van der Waals surface area contributed by atoms with E-state index in [1.54, 1.807) is 83.1 Å². The van der Waals surface area contributed by atoms with Crippen LogP contribution in [0.2, 0.25) is 5.28 Å². The van der Waals surface area contributed by atoms with E-state index in [0.717, 1.165) is 0 Å². The van der Waals surface area contributed by atoms with Crippen LogP contribution in [0.3, 0.4) is 0 Å². The van der Waals surface area contributed by atoms with Crippen LogP contribution < -0.4 is 31.1 Å². The van der Waals surface area contributed by atoms with E-state index in [1.165, 1.54) is 0 Å². The Morgan fingerprint density at radius 3 is 1.24 bits per heavy atom. The largest absolute Gasteiger partial charge is 0.444 e. The van der Waals surface area contributed by atoms with Crippen molar-refractivity contribution in [2.24, 2.45) is 0 Å². The van der Waals surface area contributed by atoms with Gasteiger partial charge in [-0.05, 0) is 108 Å². The van der Waals surface area contributed by atoms with Crippen molar-refractivity contribution in [3.63, 3.8) is 0 Å². The molecule has 4 rings (SSSR count). The monoisotopic (exact) mass is 780 g/mol. The number of rotatable bonds is 6. The number of nitrogens with one attached hydrogen (secondary N) is 5. The molecule has 0 saturated carbocycles. The fourth-order valence-electron chi connectivity index (χ4n) is 6.08. The second-order valence-corrected chi connectivity index (χ2v) is 18.1. The lowest BCUT2D eigenvalue weighted by Crippen LogP contribution is -2.58. The number of nitrogens with zero attached hydrogens (tertiary/aromatic N) is 5. The summed E-state index contributed by atoms with van der Waals surface area (Å²) in [6, 6.07) is -1.84. The summed E-state index contributed by atoms with van der Waals surface area (Å²) in [6.07, 6.45) is -1.61. The Morgan fingerprint density at radius 1 is 0.574 bits per heavy atom. The first-order valence-electron chi connectivity index (χ1n) is 18.1. The standard InChI is InChI=1S/C35H57ClN10O8/c1-32(2,3)51-28(47)37-19-13-20(38-29(48)52-33(4,5)6)16-45(15-19)25-23-24(42-26(36)44-25)43-27(41-23)46-17-21(39-30(49)53-34(7,8)9)14-22(18-46)40-31(50)54-35(10,11)12/h19-22H,13-18H2,1-12H3,(H,37,47)(H,38,48)(H,39,49)(H,40,50)(H,41,42,43,44)/t19-,20-,21-,22+/m0/s1. The lowest BCUT2D eigenvalue weighted by atomic mass is 10.0. The maximum absolute atomic E-state index is 12.9. The Balaban J connectivity index is 1.65. The zero-order valence-corrected chi connectivity index (χ0v) is 34.2. The summed E-state index contributed by atoms with van der Waals surface area (Å²) in [6.45, 7) is 22.5. The van der Waals surface area contributed by atoms with Crippen LogP contribution in [0.15, 0.2) is 0 Å². The number of hydrogen-bond donors (Lipinski definition) is 5. The van der Waals surface area contributed by atoms with E-state index in [2.05, 4.69) is 36.2 Å². The number of alkyl carbamates (subject to hydrolysis) is 4. The van der Waals surface area contributed by atoms with Crippen molar-refractivity contribution < 1.29 is 38.1 Å². The topological polar surface area (TPSA) is 214 Å². The number of piperidine rings is 2. The summed E-state index contributed by atoms with van der Waals surface area (Å²) >= 11 is 6.47. The fourth-order valence-corrected chi connectivity index (χ4v) is 6.24. The van der Waals surface area contributed by atoms with E-state index >= 15 is 0 Å². The molecule has 0 aromatic carbocycles. The summed E-state index contributed by atoms with van der Waals surface area (Å²) < 4.78 is 22.1. The first kappa shape index (κ1) is 42.3. The molecule has 4 heterocycles. The molecule has 0 aliphatic carbocycles. The number of hydrogen-bond acceptors (Lipinski definition) is 13. The Bertz CT molecular complexity index is 1600. The molecule has 2 aliphatic heterocycles. The molecule has 2 fully saturated rings. The average Bonchev–Trinajstić information content (AvgIpc) is 3.36. The third-order valence-corrected chi connectivity index (χ3v) is 7.84. The molecule has 302 valence electrons. The quantitative estimate of drug-likeness (QED) is 0.193. The molecule has 5 N–H and O–H groups in total. The van der Waals surface area contributed by atoms with Crippen LogP contribution in [0.4, 0.5) is 30.9 Å². The van der Waals surface area contributed by atoms with Gasteiger partial charge >= 0.3 is 24.4 Å². The number of H-pyrrole nitrogens is 1. The van der Waals surface area contributed by atoms with E-state index in [0.29, 0.717) is 43.2 Å². The predicted octanol–water partition coefficient (Wildman–Crippen LogP) is 5.00. The van der Waals surface area contributed by atoms with Gasteiger partial charge in [0.15, 0.2) is 11.5 Å². The molecule has 4 amide bonds. The fraction of sp³-hybridized carbons (Fsp3) is 0.743. The lowest BCUT2D eigenvalue weighted by Gasteiger charge is -2.39. The molecule has 2 aliphatic rings. The molecule has 4 atom stereocenters. The summed E-state index contributed by atoms with van der Waals surface area (Å²) in [5.74, 6) is 0.776. The van der Waals surface area contributed by atoms with Crippen molar-refractivity contribution in [2.45, 2.75) is 142 Å². The zero-order valence-electron chi connectivity index (χ0n) is 33.4. The van der Waals surface area contributed by atoms with E-state index in [4.69, 9.17) is 35.5 Å². The number of aromatic nitrogens is 4. The normalized spacial score (nSPS) is 21.2. The molecule has 2 aromatic rings. The molecule has 18 nitrogen and oxygen atoms in total. The summed E-state index contributed by atoms with van der Waals surface area (Å²) in [5, 5.41) is 11.6. The SMILES string of the molecule is CC(C)(C)OC(=O)N[C@@H]1C[C@H](NC(=O)OC(C)(C)C)CN(c2nc3nc(Cl)nc(N4C[C@@H](NC(=O)OC(C)(C)C)C[C@H](NC(=O)OC(C)(C)C)C4)c3[nH]2)C1. The maximum atomic E-state index is 12.9. The van der Waals surface area contributed by atoms with Crippen LogP contribution in [0, 0.1) is 0 Å². The number of imidazole rings is 1. The minimum absolute atomic E-state index is 0.0676. The van der Waals surface area contributed by atoms with Gasteiger partial charge in [0, 0.05) is 26.2 Å². The third-order valence-electron chi connectivity index (χ3n) is 7.68. The summed E-state index contributed by atoms with van der Waals surface area (Å²) in [7, 11) is 0. The Labute approximate surface area is 321 Å². The number of carbonyl (C=O) groups excluding carboxylic acids is 4. The van der Waals surface area contributed by atoms with Crippen molar-refractivity contribution in [1.82, 2.24) is 41.2 Å². The van der Waals surface area contributed by atoms with Gasteiger partial charge in [-0.25, -0.2) is 19.2 Å². The van der Waals surface area contributed by atoms with Gasteiger partial charge in [0.1, 0.15) is 27.9 Å². The second kappa shape index (κ2) is 16.1. The van der Waals surface area contributed by atoms with E-state index in [1.807, 2.05) is 9.80 Å². The van der Waals surface area contributed by atoms with Gasteiger partial charge in [0.2, 0.25) is 11.2 Å². The molecule has 2 aromatic heterocycles. The van der Waals surface area contributed by atoms with Crippen molar-refractivity contribution in [3.8, 4) is 0 Å². The van der Waals surface area contributed by atoms with Gasteiger partial charge in [-0.2, -0.15) is 15.0 Å². The lowest BCUT2D eigenvalue weighted by molar-refractivity contribution is 0.0452. The Kier molecular flexibility index (Phi) is 12.6. The first-order chi connectivity index (χ1) is 24.7. The van der Waals surface area contributed by atoms with Gasteiger partial charge in [-0.15, -0.1) is 0 Å². The number of carbonyl (C=O) groups is 4. The molecular formula is C35H57ClN10O8. The number of ether oxygens (including phenoxy) is 4. The van der Waals surface area contributed by atoms with Gasteiger partial charge in [-0.1, -0.05) is 0 Å². The molecule has 0 unspecified atom stereocenters. The number of amides is 4. The van der Waals surface area contributed by atoms with Crippen LogP contribution in [0.25, 0.3) is 11.2 Å². The molecular weight excluding hydrogens is 724 g/mol. The van der Waals surface area contributed by atoms with E-state index < -0.39 is 70.9 Å². The number of aromatic amines is 1. The summed E-state index contributed by atoms with van der Waals surface area (Å²) in [5.41, 5.74) is -2.15. The minimum atomic E-state index is -0.720. The molecule has 0 radical (unpaired) electrons. The first-order valence-corrected chi connectivity index (χ1v) is 18.5. The average molecular weight is 781 g/mol.